The lowest BCUT2D eigenvalue weighted by molar-refractivity contribution is -0.137. The lowest BCUT2D eigenvalue weighted by Gasteiger charge is -2.37. The summed E-state index contributed by atoms with van der Waals surface area (Å²) >= 11 is 0. The van der Waals surface area contributed by atoms with Crippen molar-refractivity contribution in [1.82, 2.24) is 0 Å². The third kappa shape index (κ3) is 3.14. The SMILES string of the molecule is CC[C@@H]1CCCCN1c1cc(N)cc(C(F)(F)F)c1. The number of benzene rings is 1. The number of rotatable bonds is 2. The third-order valence-electron chi connectivity index (χ3n) is 3.70. The van der Waals surface area contributed by atoms with E-state index in [1.165, 1.54) is 6.07 Å². The van der Waals surface area contributed by atoms with Crippen molar-refractivity contribution < 1.29 is 13.2 Å². The van der Waals surface area contributed by atoms with Gasteiger partial charge in [0, 0.05) is 24.0 Å². The van der Waals surface area contributed by atoms with Crippen molar-refractivity contribution in [2.24, 2.45) is 0 Å². The Labute approximate surface area is 111 Å². The highest BCUT2D eigenvalue weighted by molar-refractivity contribution is 5.59. The van der Waals surface area contributed by atoms with Crippen LogP contribution in [0.15, 0.2) is 18.2 Å². The molecular formula is C14H19F3N2. The molecule has 2 rings (SSSR count). The topological polar surface area (TPSA) is 29.3 Å². The van der Waals surface area contributed by atoms with E-state index in [4.69, 9.17) is 5.73 Å². The van der Waals surface area contributed by atoms with E-state index < -0.39 is 11.7 Å². The standard InChI is InChI=1S/C14H19F3N2/c1-2-12-5-3-4-6-19(12)13-8-10(14(15,16)17)7-11(18)9-13/h7-9,12H,2-6,18H2,1H3/t12-/m1/s1. The molecule has 2 N–H and O–H groups in total. The Bertz CT molecular complexity index is 443. The minimum Gasteiger partial charge on any atom is -0.399 e. The summed E-state index contributed by atoms with van der Waals surface area (Å²) < 4.78 is 38.5. The Balaban J connectivity index is 2.35. The Morgan fingerprint density at radius 1 is 1.26 bits per heavy atom. The Morgan fingerprint density at radius 3 is 2.63 bits per heavy atom. The summed E-state index contributed by atoms with van der Waals surface area (Å²) in [6, 6.07) is 4.17. The number of halogens is 3. The second-order valence-corrected chi connectivity index (χ2v) is 5.06. The first-order valence-electron chi connectivity index (χ1n) is 6.66. The van der Waals surface area contributed by atoms with E-state index in [2.05, 4.69) is 11.8 Å². The van der Waals surface area contributed by atoms with Crippen molar-refractivity contribution in [1.29, 1.82) is 0 Å². The highest BCUT2D eigenvalue weighted by Gasteiger charge is 2.32. The highest BCUT2D eigenvalue weighted by Crippen LogP contribution is 2.35. The fraction of sp³-hybridized carbons (Fsp3) is 0.571. The van der Waals surface area contributed by atoms with Gasteiger partial charge in [0.1, 0.15) is 0 Å². The molecule has 19 heavy (non-hydrogen) atoms. The van der Waals surface area contributed by atoms with Crippen LogP contribution < -0.4 is 10.6 Å². The minimum absolute atomic E-state index is 0.172. The first-order valence-corrected chi connectivity index (χ1v) is 6.66. The van der Waals surface area contributed by atoms with Gasteiger partial charge in [0.05, 0.1) is 5.56 Å². The fourth-order valence-electron chi connectivity index (χ4n) is 2.73. The number of nitrogens with two attached hydrogens (primary N) is 1. The van der Waals surface area contributed by atoms with Crippen molar-refractivity contribution in [2.75, 3.05) is 17.2 Å². The molecule has 1 fully saturated rings. The van der Waals surface area contributed by atoms with E-state index >= 15 is 0 Å². The normalized spacial score (nSPS) is 20.6. The quantitative estimate of drug-likeness (QED) is 0.823. The first kappa shape index (κ1) is 14.0. The Hall–Kier alpha value is -1.39. The van der Waals surface area contributed by atoms with Crippen molar-refractivity contribution in [3.05, 3.63) is 23.8 Å². The molecule has 1 atom stereocenters. The van der Waals surface area contributed by atoms with Gasteiger partial charge in [-0.2, -0.15) is 13.2 Å². The largest absolute Gasteiger partial charge is 0.416 e. The molecule has 5 heteroatoms. The molecule has 1 aromatic carbocycles. The average Bonchev–Trinajstić information content (AvgIpc) is 2.37. The van der Waals surface area contributed by atoms with Crippen molar-refractivity contribution >= 4 is 11.4 Å². The van der Waals surface area contributed by atoms with E-state index in [9.17, 15) is 13.2 Å². The number of hydrogen-bond donors (Lipinski definition) is 1. The maximum Gasteiger partial charge on any atom is 0.416 e. The summed E-state index contributed by atoms with van der Waals surface area (Å²) in [5, 5.41) is 0. The zero-order valence-corrected chi connectivity index (χ0v) is 11.0. The Morgan fingerprint density at radius 2 is 2.00 bits per heavy atom. The molecule has 1 heterocycles. The van der Waals surface area contributed by atoms with Crippen LogP contribution in [0.2, 0.25) is 0 Å². The van der Waals surface area contributed by atoms with E-state index in [1.807, 2.05) is 0 Å². The lowest BCUT2D eigenvalue weighted by atomic mass is 9.98. The van der Waals surface area contributed by atoms with Crippen LogP contribution in [0.5, 0.6) is 0 Å². The van der Waals surface area contributed by atoms with Crippen LogP contribution in [0.3, 0.4) is 0 Å². The molecule has 1 aliphatic rings. The Kier molecular flexibility index (Phi) is 3.92. The van der Waals surface area contributed by atoms with Crippen molar-refractivity contribution in [2.45, 2.75) is 44.8 Å². The zero-order valence-electron chi connectivity index (χ0n) is 11.0. The molecule has 0 saturated carbocycles. The molecule has 0 radical (unpaired) electrons. The molecule has 1 aromatic rings. The lowest BCUT2D eigenvalue weighted by Crippen LogP contribution is -2.39. The predicted molar refractivity (Wildman–Crippen MR) is 71.1 cm³/mol. The monoisotopic (exact) mass is 272 g/mol. The molecule has 0 bridgehead atoms. The third-order valence-corrected chi connectivity index (χ3v) is 3.70. The van der Waals surface area contributed by atoms with Gasteiger partial charge in [-0.25, -0.2) is 0 Å². The van der Waals surface area contributed by atoms with Gasteiger partial charge in [0.15, 0.2) is 0 Å². The van der Waals surface area contributed by atoms with Crippen LogP contribution >= 0.6 is 0 Å². The highest BCUT2D eigenvalue weighted by atomic mass is 19.4. The first-order chi connectivity index (χ1) is 8.91. The number of nitrogen functional groups attached to an aromatic ring is 1. The van der Waals surface area contributed by atoms with Crippen LogP contribution in [0.1, 0.15) is 38.2 Å². The number of hydrogen-bond acceptors (Lipinski definition) is 2. The van der Waals surface area contributed by atoms with Crippen LogP contribution in [-0.2, 0) is 6.18 Å². The van der Waals surface area contributed by atoms with E-state index in [0.29, 0.717) is 11.7 Å². The predicted octanol–water partition coefficient (Wildman–Crippen LogP) is 4.06. The fourth-order valence-corrected chi connectivity index (χ4v) is 2.73. The summed E-state index contributed by atoms with van der Waals surface area (Å²) in [4.78, 5) is 2.06. The number of nitrogens with zero attached hydrogens (tertiary/aromatic N) is 1. The number of anilines is 2. The molecule has 106 valence electrons. The molecule has 1 aliphatic heterocycles. The van der Waals surface area contributed by atoms with Gasteiger partial charge >= 0.3 is 6.18 Å². The summed E-state index contributed by atoms with van der Waals surface area (Å²) in [6.07, 6.45) is -0.208. The molecule has 0 aromatic heterocycles. The molecule has 0 unspecified atom stereocenters. The second-order valence-electron chi connectivity index (χ2n) is 5.06. The minimum atomic E-state index is -4.35. The smallest absolute Gasteiger partial charge is 0.399 e. The van der Waals surface area contributed by atoms with Crippen LogP contribution in [0.25, 0.3) is 0 Å². The van der Waals surface area contributed by atoms with Crippen molar-refractivity contribution in [3.63, 3.8) is 0 Å². The average molecular weight is 272 g/mol. The van der Waals surface area contributed by atoms with E-state index in [0.717, 1.165) is 38.3 Å². The van der Waals surface area contributed by atoms with Crippen LogP contribution in [0.4, 0.5) is 24.5 Å². The molecule has 1 saturated heterocycles. The number of alkyl halides is 3. The summed E-state index contributed by atoms with van der Waals surface area (Å²) in [7, 11) is 0. The molecule has 2 nitrogen and oxygen atoms in total. The van der Waals surface area contributed by atoms with E-state index in [1.54, 1.807) is 6.07 Å². The van der Waals surface area contributed by atoms with Gasteiger partial charge in [0.25, 0.3) is 0 Å². The van der Waals surface area contributed by atoms with Gasteiger partial charge in [-0.1, -0.05) is 6.92 Å². The summed E-state index contributed by atoms with van der Waals surface area (Å²) in [5.74, 6) is 0. The van der Waals surface area contributed by atoms with Gasteiger partial charge in [-0.15, -0.1) is 0 Å². The summed E-state index contributed by atoms with van der Waals surface area (Å²) in [5.41, 5.74) is 5.73. The van der Waals surface area contributed by atoms with Crippen LogP contribution in [-0.4, -0.2) is 12.6 Å². The van der Waals surface area contributed by atoms with Gasteiger partial charge in [-0.05, 0) is 43.9 Å². The number of piperidine rings is 1. The van der Waals surface area contributed by atoms with Gasteiger partial charge in [-0.3, -0.25) is 0 Å². The molecule has 0 aliphatic carbocycles. The molecule has 0 amide bonds. The molecular weight excluding hydrogens is 253 g/mol. The maximum atomic E-state index is 12.8. The van der Waals surface area contributed by atoms with Crippen molar-refractivity contribution in [3.8, 4) is 0 Å². The van der Waals surface area contributed by atoms with Crippen LogP contribution in [0, 0.1) is 0 Å². The van der Waals surface area contributed by atoms with Gasteiger partial charge in [0.2, 0.25) is 0 Å². The van der Waals surface area contributed by atoms with Gasteiger partial charge < -0.3 is 10.6 Å². The maximum absolute atomic E-state index is 12.8. The summed E-state index contributed by atoms with van der Waals surface area (Å²) in [6.45, 7) is 2.87. The second kappa shape index (κ2) is 5.31. The zero-order chi connectivity index (χ0) is 14.0. The van der Waals surface area contributed by atoms with E-state index in [-0.39, 0.29) is 5.69 Å². The molecule has 0 spiro atoms.